The minimum atomic E-state index is -0.876. The fourth-order valence-electron chi connectivity index (χ4n) is 3.17. The van der Waals surface area contributed by atoms with Gasteiger partial charge in [-0.25, -0.2) is 4.99 Å². The number of aliphatic carboxylic acids is 1. The lowest BCUT2D eigenvalue weighted by molar-refractivity contribution is -0.136. The largest absolute Gasteiger partial charge is 0.481 e. The molecule has 0 aliphatic carbocycles. The fourth-order valence-corrected chi connectivity index (χ4v) is 4.42. The Kier molecular flexibility index (Phi) is 6.78. The number of benzene rings is 3. The van der Waals surface area contributed by atoms with Gasteiger partial charge >= 0.3 is 5.97 Å². The van der Waals surface area contributed by atoms with E-state index >= 15 is 0 Å². The number of carboxylic acid groups (broad SMARTS) is 1. The van der Waals surface area contributed by atoms with Gasteiger partial charge in [0.15, 0.2) is 5.17 Å². The standard InChI is InChI=1S/C25H20N2O3S2/c1-31-21-12-8-19(9-13-21)18-6-2-16(3-7-18)14-22-24(30)27-25(32-22)26-20-10-4-17(5-11-20)15-23(28)29/h2-14H,15H2,1H3,(H,28,29)(H,26,27,30). The van der Waals surface area contributed by atoms with Crippen molar-refractivity contribution in [2.75, 3.05) is 6.26 Å². The number of carbonyl (C=O) groups excluding carboxylic acids is 1. The van der Waals surface area contributed by atoms with Crippen molar-refractivity contribution in [2.24, 2.45) is 4.99 Å². The van der Waals surface area contributed by atoms with Gasteiger partial charge in [-0.2, -0.15) is 0 Å². The second kappa shape index (κ2) is 9.89. The van der Waals surface area contributed by atoms with Crippen LogP contribution < -0.4 is 5.32 Å². The Morgan fingerprint density at radius 3 is 2.22 bits per heavy atom. The molecule has 1 aliphatic heterocycles. The van der Waals surface area contributed by atoms with E-state index in [4.69, 9.17) is 5.11 Å². The highest BCUT2D eigenvalue weighted by Crippen LogP contribution is 2.29. The van der Waals surface area contributed by atoms with Gasteiger partial charge in [0.1, 0.15) is 0 Å². The molecular formula is C25H20N2O3S2. The smallest absolute Gasteiger partial charge is 0.307 e. The summed E-state index contributed by atoms with van der Waals surface area (Å²) in [6.45, 7) is 0. The third-order valence-corrected chi connectivity index (χ3v) is 6.46. The molecule has 4 rings (SSSR count). The number of amides is 1. The molecule has 32 heavy (non-hydrogen) atoms. The van der Waals surface area contributed by atoms with Crippen LogP contribution >= 0.6 is 23.5 Å². The van der Waals surface area contributed by atoms with Gasteiger partial charge in [0, 0.05) is 4.90 Å². The molecule has 5 nitrogen and oxygen atoms in total. The summed E-state index contributed by atoms with van der Waals surface area (Å²) in [6, 6.07) is 23.4. The molecule has 0 aromatic heterocycles. The SMILES string of the molecule is CSc1ccc(-c2ccc(C=C3SC(=Nc4ccc(CC(=O)O)cc4)NC3=O)cc2)cc1. The van der Waals surface area contributed by atoms with E-state index in [1.165, 1.54) is 16.7 Å². The summed E-state index contributed by atoms with van der Waals surface area (Å²) in [4.78, 5) is 29.4. The van der Waals surface area contributed by atoms with Crippen LogP contribution in [0.5, 0.6) is 0 Å². The highest BCUT2D eigenvalue weighted by Gasteiger charge is 2.23. The number of thioether (sulfide) groups is 2. The fraction of sp³-hybridized carbons (Fsp3) is 0.0800. The number of aliphatic imine (C=N–C) groups is 1. The molecule has 1 amide bonds. The second-order valence-electron chi connectivity index (χ2n) is 7.07. The Morgan fingerprint density at radius 2 is 1.62 bits per heavy atom. The Balaban J connectivity index is 1.45. The summed E-state index contributed by atoms with van der Waals surface area (Å²) < 4.78 is 0. The molecule has 1 heterocycles. The van der Waals surface area contributed by atoms with Crippen molar-refractivity contribution in [3.8, 4) is 11.1 Å². The zero-order valence-electron chi connectivity index (χ0n) is 17.2. The monoisotopic (exact) mass is 460 g/mol. The van der Waals surface area contributed by atoms with Crippen molar-refractivity contribution in [1.82, 2.24) is 5.32 Å². The highest BCUT2D eigenvalue weighted by molar-refractivity contribution is 8.18. The maximum Gasteiger partial charge on any atom is 0.307 e. The van der Waals surface area contributed by atoms with Crippen molar-refractivity contribution in [3.05, 3.63) is 88.8 Å². The van der Waals surface area contributed by atoms with Gasteiger partial charge in [0.25, 0.3) is 5.91 Å². The molecule has 0 spiro atoms. The summed E-state index contributed by atoms with van der Waals surface area (Å²) in [5.74, 6) is -1.06. The van der Waals surface area contributed by atoms with Crippen LogP contribution in [0, 0.1) is 0 Å². The van der Waals surface area contributed by atoms with Gasteiger partial charge in [-0.05, 0) is 70.6 Å². The number of carboxylic acids is 1. The lowest BCUT2D eigenvalue weighted by atomic mass is 10.0. The molecule has 0 atom stereocenters. The van der Waals surface area contributed by atoms with Crippen LogP contribution in [0.3, 0.4) is 0 Å². The van der Waals surface area contributed by atoms with Crippen LogP contribution in [-0.2, 0) is 16.0 Å². The molecule has 2 N–H and O–H groups in total. The normalized spacial score (nSPS) is 15.8. The molecule has 1 saturated heterocycles. The zero-order chi connectivity index (χ0) is 22.5. The van der Waals surface area contributed by atoms with Gasteiger partial charge in [0.05, 0.1) is 17.0 Å². The van der Waals surface area contributed by atoms with Crippen LogP contribution in [0.1, 0.15) is 11.1 Å². The van der Waals surface area contributed by atoms with Crippen LogP contribution in [0.25, 0.3) is 17.2 Å². The van der Waals surface area contributed by atoms with Crippen LogP contribution in [0.15, 0.2) is 87.6 Å². The van der Waals surface area contributed by atoms with E-state index < -0.39 is 5.97 Å². The van der Waals surface area contributed by atoms with E-state index in [1.54, 1.807) is 36.0 Å². The second-order valence-corrected chi connectivity index (χ2v) is 8.98. The van der Waals surface area contributed by atoms with E-state index in [0.717, 1.165) is 16.7 Å². The van der Waals surface area contributed by atoms with E-state index in [1.807, 2.05) is 30.3 Å². The van der Waals surface area contributed by atoms with Crippen molar-refractivity contribution in [3.63, 3.8) is 0 Å². The molecule has 0 unspecified atom stereocenters. The quantitative estimate of drug-likeness (QED) is 0.370. The molecule has 3 aromatic rings. The first-order valence-electron chi connectivity index (χ1n) is 9.85. The maximum absolute atomic E-state index is 12.4. The number of hydrogen-bond donors (Lipinski definition) is 2. The predicted octanol–water partition coefficient (Wildman–Crippen LogP) is 5.59. The molecule has 0 radical (unpaired) electrons. The number of hydrogen-bond acceptors (Lipinski definition) is 5. The molecule has 3 aromatic carbocycles. The molecular weight excluding hydrogens is 440 g/mol. The summed E-state index contributed by atoms with van der Waals surface area (Å²) in [7, 11) is 0. The zero-order valence-corrected chi connectivity index (χ0v) is 18.9. The van der Waals surface area contributed by atoms with Gasteiger partial charge < -0.3 is 10.4 Å². The van der Waals surface area contributed by atoms with Gasteiger partial charge in [0.2, 0.25) is 0 Å². The minimum Gasteiger partial charge on any atom is -0.481 e. The van der Waals surface area contributed by atoms with Gasteiger partial charge in [-0.3, -0.25) is 9.59 Å². The number of nitrogens with one attached hydrogen (secondary N) is 1. The molecule has 0 bridgehead atoms. The summed E-state index contributed by atoms with van der Waals surface area (Å²) >= 11 is 3.00. The first kappa shape index (κ1) is 21.9. The third kappa shape index (κ3) is 5.49. The minimum absolute atomic E-state index is 0.0306. The van der Waals surface area contributed by atoms with Crippen molar-refractivity contribution < 1.29 is 14.7 Å². The van der Waals surface area contributed by atoms with E-state index in [-0.39, 0.29) is 12.3 Å². The number of rotatable bonds is 6. The average molecular weight is 461 g/mol. The van der Waals surface area contributed by atoms with E-state index in [2.05, 4.69) is 40.8 Å². The van der Waals surface area contributed by atoms with E-state index in [9.17, 15) is 9.59 Å². The first-order valence-corrected chi connectivity index (χ1v) is 11.9. The Morgan fingerprint density at radius 1 is 1.00 bits per heavy atom. The van der Waals surface area contributed by atoms with Gasteiger partial charge in [-0.15, -0.1) is 11.8 Å². The van der Waals surface area contributed by atoms with Crippen molar-refractivity contribution in [2.45, 2.75) is 11.3 Å². The Bertz CT molecular complexity index is 1200. The average Bonchev–Trinajstić information content (AvgIpc) is 3.14. The summed E-state index contributed by atoms with van der Waals surface area (Å²) in [6.07, 6.45) is 3.87. The Hall–Kier alpha value is -3.29. The molecule has 1 aliphatic rings. The molecule has 0 saturated carbocycles. The van der Waals surface area contributed by atoms with Crippen LogP contribution in [0.4, 0.5) is 5.69 Å². The third-order valence-electron chi connectivity index (χ3n) is 4.81. The number of amidine groups is 1. The summed E-state index contributed by atoms with van der Waals surface area (Å²) in [5.41, 5.74) is 4.57. The summed E-state index contributed by atoms with van der Waals surface area (Å²) in [5, 5.41) is 12.1. The van der Waals surface area contributed by atoms with Crippen LogP contribution in [0.2, 0.25) is 0 Å². The molecule has 7 heteroatoms. The van der Waals surface area contributed by atoms with Crippen LogP contribution in [-0.4, -0.2) is 28.4 Å². The first-order chi connectivity index (χ1) is 15.5. The highest BCUT2D eigenvalue weighted by atomic mass is 32.2. The lowest BCUT2D eigenvalue weighted by Gasteiger charge is -2.04. The molecule has 1 fully saturated rings. The number of carbonyl (C=O) groups is 2. The lowest BCUT2D eigenvalue weighted by Crippen LogP contribution is -2.19. The Labute approximate surface area is 194 Å². The van der Waals surface area contributed by atoms with E-state index in [0.29, 0.717) is 21.3 Å². The number of nitrogens with zero attached hydrogens (tertiary/aromatic N) is 1. The predicted molar refractivity (Wildman–Crippen MR) is 132 cm³/mol. The van der Waals surface area contributed by atoms with Crippen molar-refractivity contribution >= 4 is 52.3 Å². The van der Waals surface area contributed by atoms with Gasteiger partial charge in [-0.1, -0.05) is 48.5 Å². The topological polar surface area (TPSA) is 78.8 Å². The maximum atomic E-state index is 12.4. The molecule has 160 valence electrons. The van der Waals surface area contributed by atoms with Crippen molar-refractivity contribution in [1.29, 1.82) is 0 Å².